The van der Waals surface area contributed by atoms with Gasteiger partial charge in [0.05, 0.1) is 6.10 Å². The van der Waals surface area contributed by atoms with E-state index in [1.165, 1.54) is 24.0 Å². The van der Waals surface area contributed by atoms with Gasteiger partial charge >= 0.3 is 0 Å². The lowest BCUT2D eigenvalue weighted by molar-refractivity contribution is -0.0786. The Balaban J connectivity index is 1.78. The third-order valence-corrected chi connectivity index (χ3v) is 4.84. The number of thioether (sulfide) groups is 1. The van der Waals surface area contributed by atoms with E-state index in [1.807, 2.05) is 6.07 Å². The molecule has 4 atom stereocenters. The highest BCUT2D eigenvalue weighted by Gasteiger charge is 2.38. The summed E-state index contributed by atoms with van der Waals surface area (Å²) in [6.45, 7) is 0. The zero-order chi connectivity index (χ0) is 16.4. The fourth-order valence-corrected chi connectivity index (χ4v) is 3.47. The van der Waals surface area contributed by atoms with Crippen molar-refractivity contribution in [3.8, 4) is 16.9 Å². The lowest BCUT2D eigenvalue weighted by Gasteiger charge is -2.34. The lowest BCUT2D eigenvalue weighted by Crippen LogP contribution is -2.50. The van der Waals surface area contributed by atoms with Gasteiger partial charge in [0.2, 0.25) is 5.95 Å². The van der Waals surface area contributed by atoms with E-state index < -0.39 is 29.7 Å². The van der Waals surface area contributed by atoms with Crippen molar-refractivity contribution in [1.82, 2.24) is 4.98 Å². The molecule has 1 aliphatic rings. The van der Waals surface area contributed by atoms with Crippen molar-refractivity contribution in [3.05, 3.63) is 48.5 Å². The zero-order valence-electron chi connectivity index (χ0n) is 12.0. The molecule has 0 saturated carbocycles. The van der Waals surface area contributed by atoms with Gasteiger partial charge in [0.25, 0.3) is 0 Å². The van der Waals surface area contributed by atoms with Gasteiger partial charge in [-0.05, 0) is 29.3 Å². The second kappa shape index (κ2) is 6.84. The number of ether oxygens (including phenoxy) is 1. The summed E-state index contributed by atoms with van der Waals surface area (Å²) < 4.78 is 18.9. The first kappa shape index (κ1) is 16.2. The first-order valence-electron chi connectivity index (χ1n) is 7.09. The summed E-state index contributed by atoms with van der Waals surface area (Å²) in [4.78, 5) is 3.52. The van der Waals surface area contributed by atoms with Crippen molar-refractivity contribution in [1.29, 1.82) is 0 Å². The average Bonchev–Trinajstić information content (AvgIpc) is 2.56. The van der Waals surface area contributed by atoms with E-state index in [4.69, 9.17) is 4.74 Å². The largest absolute Gasteiger partial charge is 0.477 e. The van der Waals surface area contributed by atoms with Crippen LogP contribution < -0.4 is 4.74 Å². The van der Waals surface area contributed by atoms with Crippen LogP contribution in [0.1, 0.15) is 0 Å². The molecular formula is C16H16FNO4S. The molecule has 122 valence electrons. The van der Waals surface area contributed by atoms with E-state index in [0.717, 1.165) is 5.56 Å². The van der Waals surface area contributed by atoms with Crippen molar-refractivity contribution >= 4 is 11.8 Å². The summed E-state index contributed by atoms with van der Waals surface area (Å²) in [6, 6.07) is 10.0. The summed E-state index contributed by atoms with van der Waals surface area (Å²) >= 11 is 1.23. The number of aliphatic hydroxyl groups excluding tert-OH is 3. The van der Waals surface area contributed by atoms with Gasteiger partial charge in [0.15, 0.2) is 5.44 Å². The maximum absolute atomic E-state index is 13.2. The van der Waals surface area contributed by atoms with Crippen LogP contribution in [-0.4, -0.2) is 49.8 Å². The van der Waals surface area contributed by atoms with Crippen LogP contribution in [0.4, 0.5) is 4.39 Å². The highest BCUT2D eigenvalue weighted by atomic mass is 32.2. The number of rotatable bonds is 3. The molecule has 0 amide bonds. The monoisotopic (exact) mass is 337 g/mol. The molecule has 1 aliphatic heterocycles. The molecule has 3 N–H and O–H groups in total. The molecule has 0 unspecified atom stereocenters. The second-order valence-corrected chi connectivity index (χ2v) is 6.39. The molecule has 1 fully saturated rings. The number of pyridine rings is 1. The van der Waals surface area contributed by atoms with E-state index in [2.05, 4.69) is 4.98 Å². The zero-order valence-corrected chi connectivity index (χ0v) is 12.9. The van der Waals surface area contributed by atoms with Crippen LogP contribution in [0.3, 0.4) is 0 Å². The van der Waals surface area contributed by atoms with E-state index in [1.54, 1.807) is 24.3 Å². The summed E-state index contributed by atoms with van der Waals surface area (Å²) in [5.41, 5.74) is 0.729. The molecule has 0 spiro atoms. The molecule has 3 rings (SSSR count). The fraction of sp³-hybridized carbons (Fsp3) is 0.312. The van der Waals surface area contributed by atoms with Crippen molar-refractivity contribution in [3.63, 3.8) is 0 Å². The van der Waals surface area contributed by atoms with Crippen molar-refractivity contribution < 1.29 is 24.4 Å². The molecule has 7 heteroatoms. The minimum atomic E-state index is -1.24. The molecule has 2 heterocycles. The molecular weight excluding hydrogens is 321 g/mol. The summed E-state index contributed by atoms with van der Waals surface area (Å²) in [7, 11) is 0. The van der Waals surface area contributed by atoms with Gasteiger partial charge in [0, 0.05) is 18.0 Å². The summed E-state index contributed by atoms with van der Waals surface area (Å²) in [6.07, 6.45) is -2.01. The highest BCUT2D eigenvalue weighted by molar-refractivity contribution is 7.99. The number of nitrogens with zero attached hydrogens (tertiary/aromatic N) is 1. The molecule has 0 aliphatic carbocycles. The normalized spacial score (nSPS) is 27.7. The maximum atomic E-state index is 13.2. The molecule has 1 aromatic heterocycles. The van der Waals surface area contributed by atoms with E-state index >= 15 is 0 Å². The highest BCUT2D eigenvalue weighted by Crippen LogP contribution is 2.31. The van der Waals surface area contributed by atoms with Gasteiger partial charge in [-0.25, -0.2) is 4.98 Å². The van der Waals surface area contributed by atoms with Crippen molar-refractivity contribution in [2.75, 3.05) is 5.75 Å². The summed E-state index contributed by atoms with van der Waals surface area (Å²) in [5, 5.41) is 29.2. The Hall–Kier alpha value is -1.67. The van der Waals surface area contributed by atoms with E-state index in [0.29, 0.717) is 11.3 Å². The Kier molecular flexibility index (Phi) is 4.82. The van der Waals surface area contributed by atoms with Crippen molar-refractivity contribution in [2.45, 2.75) is 23.7 Å². The van der Waals surface area contributed by atoms with Gasteiger partial charge < -0.3 is 20.1 Å². The predicted octanol–water partition coefficient (Wildman–Crippen LogP) is 1.42. The van der Waals surface area contributed by atoms with Crippen LogP contribution in [0.2, 0.25) is 0 Å². The molecule has 23 heavy (non-hydrogen) atoms. The van der Waals surface area contributed by atoms with Gasteiger partial charge in [-0.1, -0.05) is 12.1 Å². The lowest BCUT2D eigenvalue weighted by atomic mass is 10.1. The molecule has 1 aromatic carbocycles. The Labute approximate surface area is 136 Å². The summed E-state index contributed by atoms with van der Waals surface area (Å²) in [5.74, 6) is 0.196. The first-order valence-corrected chi connectivity index (χ1v) is 8.14. The smallest absolute Gasteiger partial charge is 0.213 e. The molecule has 0 bridgehead atoms. The number of benzene rings is 1. The van der Waals surface area contributed by atoms with Gasteiger partial charge in [0.1, 0.15) is 18.0 Å². The van der Waals surface area contributed by atoms with Crippen LogP contribution >= 0.6 is 11.8 Å². The Morgan fingerprint density at radius 1 is 1.09 bits per heavy atom. The van der Waals surface area contributed by atoms with Gasteiger partial charge in [-0.15, -0.1) is 11.8 Å². The second-order valence-electron chi connectivity index (χ2n) is 5.26. The Bertz CT molecular complexity index is 687. The maximum Gasteiger partial charge on any atom is 0.213 e. The van der Waals surface area contributed by atoms with Gasteiger partial charge in [-0.2, -0.15) is 4.39 Å². The minimum Gasteiger partial charge on any atom is -0.477 e. The average molecular weight is 337 g/mol. The number of hydrogen-bond acceptors (Lipinski definition) is 6. The minimum absolute atomic E-state index is 0.276. The SMILES string of the molecule is O[C@@H]1[C@@H](O)[C@@H](Oc2cccc(-c3ccnc(F)c3)c2)SC[C@H]1O. The Morgan fingerprint density at radius 2 is 1.87 bits per heavy atom. The topological polar surface area (TPSA) is 82.8 Å². The third kappa shape index (κ3) is 3.64. The van der Waals surface area contributed by atoms with Crippen LogP contribution in [0, 0.1) is 5.95 Å². The van der Waals surface area contributed by atoms with E-state index in [9.17, 15) is 19.7 Å². The predicted molar refractivity (Wildman–Crippen MR) is 84.5 cm³/mol. The number of aliphatic hydroxyl groups is 3. The molecule has 5 nitrogen and oxygen atoms in total. The van der Waals surface area contributed by atoms with E-state index in [-0.39, 0.29) is 5.75 Å². The Morgan fingerprint density at radius 3 is 2.65 bits per heavy atom. The molecule has 0 radical (unpaired) electrons. The standard InChI is InChI=1S/C16H16FNO4S/c17-13-7-10(4-5-18-13)9-2-1-3-11(6-9)22-16-15(21)14(20)12(19)8-23-16/h1-7,12,14-16,19-21H,8H2/t12-,14+,15-,16+/m1/s1. The number of halogens is 1. The fourth-order valence-electron chi connectivity index (χ4n) is 2.35. The number of hydrogen-bond donors (Lipinski definition) is 3. The molecule has 2 aromatic rings. The molecule has 1 saturated heterocycles. The quantitative estimate of drug-likeness (QED) is 0.735. The van der Waals surface area contributed by atoms with Crippen LogP contribution in [-0.2, 0) is 0 Å². The van der Waals surface area contributed by atoms with Crippen molar-refractivity contribution in [2.24, 2.45) is 0 Å². The third-order valence-electron chi connectivity index (χ3n) is 3.60. The van der Waals surface area contributed by atoms with Crippen LogP contribution in [0.25, 0.3) is 11.1 Å². The van der Waals surface area contributed by atoms with Gasteiger partial charge in [-0.3, -0.25) is 0 Å². The van der Waals surface area contributed by atoms with Crippen LogP contribution in [0.15, 0.2) is 42.6 Å². The first-order chi connectivity index (χ1) is 11.0. The number of aromatic nitrogens is 1. The van der Waals surface area contributed by atoms with Crippen LogP contribution in [0.5, 0.6) is 5.75 Å².